The number of nitrogens with two attached hydrogens (primary N) is 1. The number of ether oxygens (including phenoxy) is 3. The lowest BCUT2D eigenvalue weighted by molar-refractivity contribution is -0.143. The van der Waals surface area contributed by atoms with E-state index >= 15 is 0 Å². The Labute approximate surface area is 316 Å². The molecule has 1 aromatic carbocycles. The van der Waals surface area contributed by atoms with Crippen LogP contribution in [0.15, 0.2) is 36.5 Å². The van der Waals surface area contributed by atoms with Gasteiger partial charge in [-0.25, -0.2) is 19.7 Å². The molecule has 4 rings (SSSR count). The molecular formula is C35H41F6N5O10. The summed E-state index contributed by atoms with van der Waals surface area (Å²) >= 11 is 0. The lowest BCUT2D eigenvalue weighted by atomic mass is 9.80. The van der Waals surface area contributed by atoms with E-state index in [4.69, 9.17) is 30.2 Å². The Balaban J connectivity index is 0.000000554. The smallest absolute Gasteiger partial charge is 0.416 e. The third kappa shape index (κ3) is 12.1. The number of alkyl halides is 6. The normalized spacial score (nSPS) is 16.7. The summed E-state index contributed by atoms with van der Waals surface area (Å²) in [5, 5.41) is 35.9. The number of aliphatic hydroxyl groups excluding tert-OH is 1. The molecule has 21 heteroatoms. The Kier molecular flexibility index (Phi) is 15.7. The average Bonchev–Trinajstić information content (AvgIpc) is 3.12. The molecule has 1 amide bonds. The van der Waals surface area contributed by atoms with Crippen molar-refractivity contribution in [3.05, 3.63) is 70.4 Å². The average molecular weight is 806 g/mol. The van der Waals surface area contributed by atoms with Gasteiger partial charge in [0.25, 0.3) is 0 Å². The second-order valence-electron chi connectivity index (χ2n) is 12.3. The number of methoxy groups -OCH3 is 1. The first-order valence-corrected chi connectivity index (χ1v) is 17.0. The van der Waals surface area contributed by atoms with E-state index in [9.17, 15) is 50.9 Å². The van der Waals surface area contributed by atoms with Crippen molar-refractivity contribution in [3.63, 3.8) is 0 Å². The van der Waals surface area contributed by atoms with Crippen LogP contribution in [0.5, 0.6) is 11.6 Å². The molecular weight excluding hydrogens is 764 g/mol. The van der Waals surface area contributed by atoms with Crippen LogP contribution in [0.2, 0.25) is 0 Å². The fraction of sp³-hybridized carbons (Fsp3) is 0.486. The van der Waals surface area contributed by atoms with Gasteiger partial charge in [-0.1, -0.05) is 6.92 Å². The molecule has 0 bridgehead atoms. The highest BCUT2D eigenvalue weighted by Gasteiger charge is 2.50. The van der Waals surface area contributed by atoms with Gasteiger partial charge in [0.15, 0.2) is 5.75 Å². The quantitative estimate of drug-likeness (QED) is 0.0890. The molecule has 1 aliphatic heterocycles. The number of carbonyl (C=O) groups is 3. The molecule has 15 nitrogen and oxygen atoms in total. The van der Waals surface area contributed by atoms with E-state index in [1.54, 1.807) is 6.92 Å². The number of aliphatic hydroxyl groups is 1. The predicted molar refractivity (Wildman–Crippen MR) is 183 cm³/mol. The third-order valence-corrected chi connectivity index (χ3v) is 8.44. The molecule has 1 aliphatic rings. The van der Waals surface area contributed by atoms with Gasteiger partial charge in [-0.3, -0.25) is 14.5 Å². The van der Waals surface area contributed by atoms with Crippen LogP contribution in [-0.2, 0) is 39.5 Å². The van der Waals surface area contributed by atoms with Crippen LogP contribution in [0.3, 0.4) is 0 Å². The number of anilines is 1. The number of halogens is 6. The predicted octanol–water partition coefficient (Wildman–Crippen LogP) is 5.50. The van der Waals surface area contributed by atoms with Gasteiger partial charge in [0.2, 0.25) is 5.88 Å². The molecule has 6 N–H and O–H groups in total. The third-order valence-electron chi connectivity index (χ3n) is 8.44. The zero-order valence-electron chi connectivity index (χ0n) is 30.2. The van der Waals surface area contributed by atoms with Crippen molar-refractivity contribution in [1.82, 2.24) is 15.0 Å². The molecule has 0 aliphatic carbocycles. The highest BCUT2D eigenvalue weighted by molar-refractivity contribution is 5.89. The van der Waals surface area contributed by atoms with Crippen LogP contribution >= 0.6 is 0 Å². The Hall–Kier alpha value is -5.28. The fourth-order valence-electron chi connectivity index (χ4n) is 5.75. The molecule has 2 aromatic heterocycles. The standard InChI is InChI=1S/C27H27F6N5O5.C8H14O5/c1-3-25(34)17(12-18-20(38(25)24(40)41)4-5-22(36-18)42-2)23-35-13-21(43-7-6-39)19(37-23)10-14-8-15(26(28,29)30)11-16(9-14)27(31,32)33;9-7(10)3-1-5-13-6-2-4-8(11)12/h4-5,8-9,11,13,17,39H,3,6-7,10,12,34H2,1-2H3,(H,40,41);1-6H2,(H,9,10)(H,11,12). The lowest BCUT2D eigenvalue weighted by Crippen LogP contribution is -2.64. The highest BCUT2D eigenvalue weighted by atomic mass is 19.4. The number of aromatic nitrogens is 3. The summed E-state index contributed by atoms with van der Waals surface area (Å²) in [4.78, 5) is 46.6. The van der Waals surface area contributed by atoms with Gasteiger partial charge in [-0.2, -0.15) is 26.3 Å². The number of aliphatic carboxylic acids is 2. The molecule has 3 aromatic rings. The highest BCUT2D eigenvalue weighted by Crippen LogP contribution is 2.44. The summed E-state index contributed by atoms with van der Waals surface area (Å²) in [6.07, 6.45) is -9.68. The minimum Gasteiger partial charge on any atom is -0.488 e. The Bertz CT molecular complexity index is 1780. The molecule has 0 radical (unpaired) electrons. The molecule has 308 valence electrons. The Morgan fingerprint density at radius 1 is 0.929 bits per heavy atom. The molecule has 0 saturated heterocycles. The van der Waals surface area contributed by atoms with Crippen molar-refractivity contribution in [2.45, 2.75) is 75.8 Å². The van der Waals surface area contributed by atoms with Crippen molar-refractivity contribution < 1.29 is 75.4 Å². The Morgan fingerprint density at radius 3 is 2.00 bits per heavy atom. The number of hydrogen-bond acceptors (Lipinski definition) is 11. The van der Waals surface area contributed by atoms with Crippen LogP contribution in [0.1, 0.15) is 78.8 Å². The van der Waals surface area contributed by atoms with E-state index in [1.165, 1.54) is 19.2 Å². The van der Waals surface area contributed by atoms with E-state index < -0.39 is 66.1 Å². The van der Waals surface area contributed by atoms with Gasteiger partial charge in [-0.05, 0) is 49.1 Å². The van der Waals surface area contributed by atoms with Crippen molar-refractivity contribution in [3.8, 4) is 11.6 Å². The fourth-order valence-corrected chi connectivity index (χ4v) is 5.75. The van der Waals surface area contributed by atoms with Gasteiger partial charge >= 0.3 is 30.4 Å². The number of fused-ring (bicyclic) bond motifs is 1. The number of carboxylic acids is 2. The van der Waals surface area contributed by atoms with E-state index in [1.807, 2.05) is 0 Å². The summed E-state index contributed by atoms with van der Waals surface area (Å²) in [6.45, 7) is 1.68. The summed E-state index contributed by atoms with van der Waals surface area (Å²) in [5.74, 6) is -2.58. The maximum atomic E-state index is 13.5. The Morgan fingerprint density at radius 2 is 1.52 bits per heavy atom. The molecule has 0 saturated carbocycles. The van der Waals surface area contributed by atoms with Crippen LogP contribution in [0.25, 0.3) is 0 Å². The number of benzene rings is 1. The van der Waals surface area contributed by atoms with Gasteiger partial charge in [-0.15, -0.1) is 0 Å². The summed E-state index contributed by atoms with van der Waals surface area (Å²) in [6, 6.07) is 4.13. The number of carboxylic acid groups (broad SMARTS) is 3. The lowest BCUT2D eigenvalue weighted by Gasteiger charge is -2.47. The van der Waals surface area contributed by atoms with Gasteiger partial charge in [0.1, 0.15) is 18.1 Å². The van der Waals surface area contributed by atoms with Crippen LogP contribution < -0.4 is 20.1 Å². The van der Waals surface area contributed by atoms with E-state index in [-0.39, 0.29) is 72.8 Å². The number of rotatable bonds is 16. The van der Waals surface area contributed by atoms with Gasteiger partial charge in [0.05, 0.1) is 54.0 Å². The first-order chi connectivity index (χ1) is 26.2. The summed E-state index contributed by atoms with van der Waals surface area (Å²) in [5.41, 5.74) is 2.11. The minimum absolute atomic E-state index is 0.0172. The number of amides is 1. The van der Waals surface area contributed by atoms with Crippen LogP contribution in [0, 0.1) is 0 Å². The first-order valence-electron chi connectivity index (χ1n) is 17.0. The summed E-state index contributed by atoms with van der Waals surface area (Å²) < 4.78 is 96.6. The van der Waals surface area contributed by atoms with Crippen LogP contribution in [-0.4, -0.2) is 92.6 Å². The maximum absolute atomic E-state index is 13.5. The second kappa shape index (κ2) is 19.5. The van der Waals surface area contributed by atoms with Crippen molar-refractivity contribution in [1.29, 1.82) is 0 Å². The van der Waals surface area contributed by atoms with Crippen molar-refractivity contribution in [2.75, 3.05) is 38.4 Å². The van der Waals surface area contributed by atoms with Gasteiger partial charge < -0.3 is 40.4 Å². The zero-order chi connectivity index (χ0) is 41.8. The second-order valence-corrected chi connectivity index (χ2v) is 12.3. The monoisotopic (exact) mass is 805 g/mol. The maximum Gasteiger partial charge on any atom is 0.416 e. The van der Waals surface area contributed by atoms with Crippen molar-refractivity contribution in [2.24, 2.45) is 5.73 Å². The number of hydrogen-bond donors (Lipinski definition) is 5. The largest absolute Gasteiger partial charge is 0.488 e. The molecule has 3 heterocycles. The molecule has 0 fully saturated rings. The molecule has 56 heavy (non-hydrogen) atoms. The van der Waals surface area contributed by atoms with Crippen LogP contribution in [0.4, 0.5) is 36.8 Å². The SMILES string of the molecule is CCC1(N)C(c2ncc(OCCO)c(Cc3cc(C(F)(F)F)cc(C(F)(F)F)c3)n2)Cc2nc(OC)ccc2N1C(=O)O.O=C(O)CCCOCCCC(=O)O. The van der Waals surface area contributed by atoms with E-state index in [2.05, 4.69) is 15.0 Å². The molecule has 2 unspecified atom stereocenters. The van der Waals surface area contributed by atoms with Crippen molar-refractivity contribution >= 4 is 23.7 Å². The topological polar surface area (TPSA) is 228 Å². The van der Waals surface area contributed by atoms with E-state index in [0.717, 1.165) is 11.1 Å². The number of pyridine rings is 1. The van der Waals surface area contributed by atoms with E-state index in [0.29, 0.717) is 43.9 Å². The summed E-state index contributed by atoms with van der Waals surface area (Å²) in [7, 11) is 1.38. The molecule has 2 atom stereocenters. The molecule has 0 spiro atoms. The van der Waals surface area contributed by atoms with Gasteiger partial charge in [0, 0.05) is 45.0 Å². The first kappa shape index (κ1) is 45.1. The minimum atomic E-state index is -5.06. The number of nitrogens with zero attached hydrogens (tertiary/aromatic N) is 4. The zero-order valence-corrected chi connectivity index (χ0v) is 30.2.